The van der Waals surface area contributed by atoms with Crippen molar-refractivity contribution >= 4 is 0 Å². The molecule has 4 atom stereocenters. The van der Waals surface area contributed by atoms with E-state index in [1.54, 1.807) is 0 Å². The third-order valence-electron chi connectivity index (χ3n) is 3.38. The number of hydrogen-bond donors (Lipinski definition) is 2. The van der Waals surface area contributed by atoms with Crippen molar-refractivity contribution in [1.29, 1.82) is 0 Å². The van der Waals surface area contributed by atoms with Gasteiger partial charge in [-0.25, -0.2) is 0 Å². The minimum Gasteiger partial charge on any atom is -0.395 e. The zero-order valence-corrected chi connectivity index (χ0v) is 9.83. The lowest BCUT2D eigenvalue weighted by molar-refractivity contribution is 0.109. The number of nitrogens with one attached hydrogen (secondary N) is 1. The zero-order chi connectivity index (χ0) is 10.7. The van der Waals surface area contributed by atoms with Crippen LogP contribution >= 0.6 is 0 Å². The standard InChI is InChI=1S/C11H24N2O/c1-8-6-13(4)10(3)5-11(8)12-9(2)7-14/h8-12,14H,5-7H2,1-4H3/t8-,9-,10+,11-/m1/s1. The number of hydrogen-bond acceptors (Lipinski definition) is 3. The lowest BCUT2D eigenvalue weighted by Gasteiger charge is -2.41. The van der Waals surface area contributed by atoms with Gasteiger partial charge >= 0.3 is 0 Å². The average molecular weight is 200 g/mol. The second-order valence-corrected chi connectivity index (χ2v) is 4.86. The maximum absolute atomic E-state index is 9.00. The lowest BCUT2D eigenvalue weighted by Crippen LogP contribution is -2.53. The minimum absolute atomic E-state index is 0.220. The van der Waals surface area contributed by atoms with Gasteiger partial charge in [0, 0.05) is 24.7 Å². The van der Waals surface area contributed by atoms with Crippen LogP contribution in [0, 0.1) is 5.92 Å². The van der Waals surface area contributed by atoms with Crippen LogP contribution in [0.1, 0.15) is 27.2 Å². The molecule has 0 bridgehead atoms. The molecule has 84 valence electrons. The topological polar surface area (TPSA) is 35.5 Å². The monoisotopic (exact) mass is 200 g/mol. The highest BCUT2D eigenvalue weighted by molar-refractivity contribution is 4.87. The Hall–Kier alpha value is -0.120. The molecular formula is C11H24N2O. The van der Waals surface area contributed by atoms with Gasteiger partial charge in [0.1, 0.15) is 0 Å². The first kappa shape index (κ1) is 12.0. The molecule has 0 aromatic heterocycles. The number of piperidine rings is 1. The van der Waals surface area contributed by atoms with Crippen molar-refractivity contribution < 1.29 is 5.11 Å². The molecule has 0 aliphatic carbocycles. The first-order valence-corrected chi connectivity index (χ1v) is 5.61. The molecule has 0 radical (unpaired) electrons. The van der Waals surface area contributed by atoms with Crippen molar-refractivity contribution in [2.45, 2.75) is 45.3 Å². The van der Waals surface area contributed by atoms with E-state index in [1.807, 2.05) is 6.92 Å². The molecule has 0 unspecified atom stereocenters. The van der Waals surface area contributed by atoms with Gasteiger partial charge in [-0.1, -0.05) is 6.92 Å². The second-order valence-electron chi connectivity index (χ2n) is 4.86. The van der Waals surface area contributed by atoms with Gasteiger partial charge < -0.3 is 15.3 Å². The normalized spacial score (nSPS) is 37.1. The Morgan fingerprint density at radius 1 is 1.50 bits per heavy atom. The number of likely N-dealkylation sites (tertiary alicyclic amines) is 1. The highest BCUT2D eigenvalue weighted by Crippen LogP contribution is 2.20. The van der Waals surface area contributed by atoms with Gasteiger partial charge in [-0.15, -0.1) is 0 Å². The maximum atomic E-state index is 9.00. The summed E-state index contributed by atoms with van der Waals surface area (Å²) in [5, 5.41) is 12.5. The molecule has 1 rings (SSSR count). The van der Waals surface area contributed by atoms with E-state index < -0.39 is 0 Å². The lowest BCUT2D eigenvalue weighted by atomic mass is 9.89. The summed E-state index contributed by atoms with van der Waals surface area (Å²) in [6, 6.07) is 1.43. The van der Waals surface area contributed by atoms with Gasteiger partial charge in [0.25, 0.3) is 0 Å². The van der Waals surface area contributed by atoms with E-state index in [2.05, 4.69) is 31.1 Å². The fraction of sp³-hybridized carbons (Fsp3) is 1.00. The van der Waals surface area contributed by atoms with E-state index in [4.69, 9.17) is 5.11 Å². The molecule has 1 aliphatic rings. The summed E-state index contributed by atoms with van der Waals surface area (Å²) >= 11 is 0. The molecule has 1 heterocycles. The number of aliphatic hydroxyl groups excluding tert-OH is 1. The molecule has 0 aromatic rings. The first-order chi connectivity index (χ1) is 6.54. The Morgan fingerprint density at radius 3 is 2.71 bits per heavy atom. The molecule has 1 fully saturated rings. The molecule has 1 aliphatic heterocycles. The van der Waals surface area contributed by atoms with Gasteiger partial charge in [-0.2, -0.15) is 0 Å². The van der Waals surface area contributed by atoms with Crippen LogP contribution in [0.2, 0.25) is 0 Å². The fourth-order valence-electron chi connectivity index (χ4n) is 2.19. The summed E-state index contributed by atoms with van der Waals surface area (Å²) in [7, 11) is 2.19. The van der Waals surface area contributed by atoms with E-state index >= 15 is 0 Å². The number of rotatable bonds is 3. The van der Waals surface area contributed by atoms with Crippen molar-refractivity contribution in [2.24, 2.45) is 5.92 Å². The summed E-state index contributed by atoms with van der Waals surface area (Å²) in [6.07, 6.45) is 1.18. The molecule has 0 amide bonds. The van der Waals surface area contributed by atoms with Crippen LogP contribution in [0.25, 0.3) is 0 Å². The molecule has 2 N–H and O–H groups in total. The van der Waals surface area contributed by atoms with Gasteiger partial charge in [0.15, 0.2) is 0 Å². The summed E-state index contributed by atoms with van der Waals surface area (Å²) < 4.78 is 0. The minimum atomic E-state index is 0.220. The smallest absolute Gasteiger partial charge is 0.0582 e. The van der Waals surface area contributed by atoms with Crippen LogP contribution in [0.15, 0.2) is 0 Å². The van der Waals surface area contributed by atoms with Crippen molar-refractivity contribution in [3.63, 3.8) is 0 Å². The molecule has 3 heteroatoms. The van der Waals surface area contributed by atoms with E-state index in [1.165, 1.54) is 6.42 Å². The largest absolute Gasteiger partial charge is 0.395 e. The predicted molar refractivity (Wildman–Crippen MR) is 59.3 cm³/mol. The number of aliphatic hydroxyl groups is 1. The quantitative estimate of drug-likeness (QED) is 0.703. The van der Waals surface area contributed by atoms with E-state index in [0.717, 1.165) is 6.54 Å². The molecule has 1 saturated heterocycles. The Kier molecular flexibility index (Phi) is 4.35. The van der Waals surface area contributed by atoms with Gasteiger partial charge in [-0.3, -0.25) is 0 Å². The predicted octanol–water partition coefficient (Wildman–Crippen LogP) is 0.686. The third-order valence-corrected chi connectivity index (χ3v) is 3.38. The zero-order valence-electron chi connectivity index (χ0n) is 9.83. The van der Waals surface area contributed by atoms with E-state index in [-0.39, 0.29) is 12.6 Å². The van der Waals surface area contributed by atoms with E-state index in [0.29, 0.717) is 18.0 Å². The SMILES string of the molecule is C[C@H](CO)N[C@@H]1C[C@H](C)N(C)C[C@H]1C. The molecule has 0 aromatic carbocycles. The first-order valence-electron chi connectivity index (χ1n) is 5.61. The molecule has 0 saturated carbocycles. The molecule has 14 heavy (non-hydrogen) atoms. The van der Waals surface area contributed by atoms with Crippen molar-refractivity contribution in [3.05, 3.63) is 0 Å². The Bertz CT molecular complexity index is 173. The van der Waals surface area contributed by atoms with Gasteiger partial charge in [0.05, 0.1) is 6.61 Å². The van der Waals surface area contributed by atoms with Crippen molar-refractivity contribution in [3.8, 4) is 0 Å². The summed E-state index contributed by atoms with van der Waals surface area (Å²) in [6.45, 7) is 7.97. The Balaban J connectivity index is 2.44. The van der Waals surface area contributed by atoms with Crippen LogP contribution in [-0.2, 0) is 0 Å². The molecule has 0 spiro atoms. The maximum Gasteiger partial charge on any atom is 0.0582 e. The van der Waals surface area contributed by atoms with Crippen LogP contribution in [0.3, 0.4) is 0 Å². The second kappa shape index (κ2) is 5.10. The summed E-state index contributed by atoms with van der Waals surface area (Å²) in [4.78, 5) is 2.41. The van der Waals surface area contributed by atoms with Crippen LogP contribution in [0.5, 0.6) is 0 Å². The van der Waals surface area contributed by atoms with Crippen LogP contribution in [0.4, 0.5) is 0 Å². The summed E-state index contributed by atoms with van der Waals surface area (Å²) in [5.74, 6) is 0.671. The molecule has 3 nitrogen and oxygen atoms in total. The highest BCUT2D eigenvalue weighted by Gasteiger charge is 2.29. The van der Waals surface area contributed by atoms with Gasteiger partial charge in [-0.05, 0) is 33.2 Å². The Labute approximate surface area is 87.5 Å². The van der Waals surface area contributed by atoms with Crippen LogP contribution < -0.4 is 5.32 Å². The highest BCUT2D eigenvalue weighted by atomic mass is 16.3. The summed E-state index contributed by atoms with van der Waals surface area (Å²) in [5.41, 5.74) is 0. The fourth-order valence-corrected chi connectivity index (χ4v) is 2.19. The average Bonchev–Trinajstić information content (AvgIpc) is 2.14. The van der Waals surface area contributed by atoms with Crippen LogP contribution in [-0.4, -0.2) is 48.3 Å². The van der Waals surface area contributed by atoms with Crippen molar-refractivity contribution in [1.82, 2.24) is 10.2 Å². The van der Waals surface area contributed by atoms with E-state index in [9.17, 15) is 0 Å². The van der Waals surface area contributed by atoms with Gasteiger partial charge in [0.2, 0.25) is 0 Å². The Morgan fingerprint density at radius 2 is 2.14 bits per heavy atom. The third kappa shape index (κ3) is 2.94. The number of nitrogens with zero attached hydrogens (tertiary/aromatic N) is 1. The molecular weight excluding hydrogens is 176 g/mol. The van der Waals surface area contributed by atoms with Crippen molar-refractivity contribution in [2.75, 3.05) is 20.2 Å².